The third kappa shape index (κ3) is 2.59. The van der Waals surface area contributed by atoms with Gasteiger partial charge in [-0.3, -0.25) is 14.7 Å². The van der Waals surface area contributed by atoms with Crippen LogP contribution in [0.25, 0.3) is 0 Å². The Hall–Kier alpha value is -2.29. The molecule has 2 aromatic heterocycles. The number of piperidine rings is 1. The highest BCUT2D eigenvalue weighted by molar-refractivity contribution is 7.07. The van der Waals surface area contributed by atoms with Crippen molar-refractivity contribution in [1.82, 2.24) is 24.7 Å². The Kier molecular flexibility index (Phi) is 3.88. The van der Waals surface area contributed by atoms with Crippen LogP contribution in [0.5, 0.6) is 0 Å². The van der Waals surface area contributed by atoms with Crippen molar-refractivity contribution in [1.29, 1.82) is 0 Å². The molecule has 1 fully saturated rings. The maximum Gasteiger partial charge on any atom is 0.269 e. The molecule has 2 aromatic rings. The van der Waals surface area contributed by atoms with Gasteiger partial charge in [-0.05, 0) is 43.8 Å². The van der Waals surface area contributed by atoms with Crippen LogP contribution >= 0.6 is 11.5 Å². The Bertz CT molecular complexity index is 709. The third-order valence-electron chi connectivity index (χ3n) is 3.82. The van der Waals surface area contributed by atoms with Crippen molar-refractivity contribution in [3.8, 4) is 0 Å². The van der Waals surface area contributed by atoms with Crippen LogP contribution < -0.4 is 5.73 Å². The second-order valence-electron chi connectivity index (χ2n) is 5.27. The first kappa shape index (κ1) is 14.6. The first-order valence-electron chi connectivity index (χ1n) is 7.03. The first-order valence-corrected chi connectivity index (χ1v) is 7.80. The van der Waals surface area contributed by atoms with Gasteiger partial charge in [-0.15, -0.1) is 5.10 Å². The van der Waals surface area contributed by atoms with Gasteiger partial charge >= 0.3 is 0 Å². The van der Waals surface area contributed by atoms with E-state index in [1.165, 1.54) is 0 Å². The van der Waals surface area contributed by atoms with Crippen LogP contribution in [0, 0.1) is 6.92 Å². The van der Waals surface area contributed by atoms with Gasteiger partial charge in [-0.1, -0.05) is 4.49 Å². The molecule has 3 N–H and O–H groups in total. The molecule has 0 unspecified atom stereocenters. The van der Waals surface area contributed by atoms with Crippen molar-refractivity contribution in [3.63, 3.8) is 0 Å². The van der Waals surface area contributed by atoms with Crippen molar-refractivity contribution >= 4 is 23.3 Å². The molecule has 0 saturated carbocycles. The normalized spacial score (nSPS) is 18.4. The third-order valence-corrected chi connectivity index (χ3v) is 4.63. The number of nitrogens with one attached hydrogen (secondary N) is 1. The van der Waals surface area contributed by atoms with Gasteiger partial charge < -0.3 is 10.6 Å². The van der Waals surface area contributed by atoms with Crippen LogP contribution in [0.4, 0.5) is 0 Å². The van der Waals surface area contributed by atoms with Gasteiger partial charge in [0.25, 0.3) is 11.8 Å². The number of hydrogen-bond acceptors (Lipinski definition) is 6. The van der Waals surface area contributed by atoms with E-state index in [4.69, 9.17) is 5.73 Å². The number of carbonyl (C=O) groups excluding carboxylic acids is 2. The standard InChI is InChI=1S/C13H16N6O2S/c1-7-11(22-18-15-7)13(21)19-5-3-2-4-10(19)8-6-9(12(14)20)17-16-8/h6,10H,2-5H2,1H3,(H2,14,20)(H,16,17)/t10-/m1/s1. The smallest absolute Gasteiger partial charge is 0.269 e. The quantitative estimate of drug-likeness (QED) is 0.876. The minimum Gasteiger partial charge on any atom is -0.364 e. The molecule has 0 bridgehead atoms. The number of likely N-dealkylation sites (tertiary alicyclic amines) is 1. The molecule has 1 saturated heterocycles. The zero-order chi connectivity index (χ0) is 15.7. The van der Waals surface area contributed by atoms with E-state index in [1.807, 2.05) is 0 Å². The second kappa shape index (κ2) is 5.84. The van der Waals surface area contributed by atoms with E-state index in [9.17, 15) is 9.59 Å². The molecule has 116 valence electrons. The Morgan fingerprint density at radius 1 is 1.45 bits per heavy atom. The fourth-order valence-corrected chi connectivity index (χ4v) is 3.30. The number of hydrogen-bond donors (Lipinski definition) is 2. The van der Waals surface area contributed by atoms with E-state index < -0.39 is 5.91 Å². The summed E-state index contributed by atoms with van der Waals surface area (Å²) in [5.41, 5.74) is 6.79. The van der Waals surface area contributed by atoms with E-state index in [2.05, 4.69) is 19.8 Å². The summed E-state index contributed by atoms with van der Waals surface area (Å²) < 4.78 is 3.83. The van der Waals surface area contributed by atoms with Gasteiger partial charge in [0.05, 0.1) is 17.4 Å². The molecule has 1 atom stereocenters. The summed E-state index contributed by atoms with van der Waals surface area (Å²) in [6.07, 6.45) is 2.78. The van der Waals surface area contributed by atoms with Crippen LogP contribution in [-0.4, -0.2) is 43.0 Å². The number of aromatic nitrogens is 4. The molecule has 9 heteroatoms. The first-order chi connectivity index (χ1) is 10.6. The summed E-state index contributed by atoms with van der Waals surface area (Å²) in [6, 6.07) is 1.49. The molecule has 0 aromatic carbocycles. The molecule has 0 radical (unpaired) electrons. The van der Waals surface area contributed by atoms with Crippen molar-refractivity contribution < 1.29 is 9.59 Å². The fraction of sp³-hybridized carbons (Fsp3) is 0.462. The summed E-state index contributed by atoms with van der Waals surface area (Å²) in [5, 5.41) is 10.6. The predicted octanol–water partition coefficient (Wildman–Crippen LogP) is 1.04. The van der Waals surface area contributed by atoms with E-state index in [0.717, 1.165) is 36.5 Å². The zero-order valence-corrected chi connectivity index (χ0v) is 12.9. The molecule has 2 amide bonds. The average Bonchev–Trinajstić information content (AvgIpc) is 3.15. The fourth-order valence-electron chi connectivity index (χ4n) is 2.69. The Labute approximate surface area is 130 Å². The summed E-state index contributed by atoms with van der Waals surface area (Å²) >= 11 is 1.11. The van der Waals surface area contributed by atoms with Gasteiger partial charge in [0.15, 0.2) is 0 Å². The zero-order valence-electron chi connectivity index (χ0n) is 12.1. The minimum atomic E-state index is -0.585. The maximum atomic E-state index is 12.7. The number of H-pyrrole nitrogens is 1. The highest BCUT2D eigenvalue weighted by atomic mass is 32.1. The van der Waals surface area contributed by atoms with Crippen LogP contribution in [-0.2, 0) is 0 Å². The van der Waals surface area contributed by atoms with Crippen molar-refractivity contribution in [2.45, 2.75) is 32.2 Å². The Morgan fingerprint density at radius 2 is 2.27 bits per heavy atom. The summed E-state index contributed by atoms with van der Waals surface area (Å²) in [4.78, 5) is 26.3. The lowest BCUT2D eigenvalue weighted by molar-refractivity contribution is 0.0610. The van der Waals surface area contributed by atoms with Crippen molar-refractivity contribution in [3.05, 3.63) is 28.0 Å². The van der Waals surface area contributed by atoms with E-state index in [-0.39, 0.29) is 17.6 Å². The summed E-state index contributed by atoms with van der Waals surface area (Å²) in [6.45, 7) is 2.43. The van der Waals surface area contributed by atoms with Gasteiger partial charge in [0.2, 0.25) is 0 Å². The largest absolute Gasteiger partial charge is 0.364 e. The number of nitrogens with two attached hydrogens (primary N) is 1. The molecule has 8 nitrogen and oxygen atoms in total. The van der Waals surface area contributed by atoms with E-state index in [0.29, 0.717) is 17.1 Å². The molecule has 22 heavy (non-hydrogen) atoms. The lowest BCUT2D eigenvalue weighted by Crippen LogP contribution is -2.38. The van der Waals surface area contributed by atoms with Gasteiger partial charge in [-0.25, -0.2) is 0 Å². The molecular formula is C13H16N6O2S. The summed E-state index contributed by atoms with van der Waals surface area (Å²) in [7, 11) is 0. The highest BCUT2D eigenvalue weighted by Gasteiger charge is 2.32. The number of carbonyl (C=O) groups is 2. The van der Waals surface area contributed by atoms with Crippen LogP contribution in [0.2, 0.25) is 0 Å². The molecule has 1 aliphatic rings. The van der Waals surface area contributed by atoms with E-state index >= 15 is 0 Å². The molecule has 1 aliphatic heterocycles. The lowest BCUT2D eigenvalue weighted by Gasteiger charge is -2.34. The SMILES string of the molecule is Cc1nnsc1C(=O)N1CCCC[C@@H]1c1cc(C(N)=O)n[nH]1. The average molecular weight is 320 g/mol. The van der Waals surface area contributed by atoms with Gasteiger partial charge in [0, 0.05) is 6.54 Å². The lowest BCUT2D eigenvalue weighted by atomic mass is 9.98. The van der Waals surface area contributed by atoms with Gasteiger partial charge in [0.1, 0.15) is 10.6 Å². The van der Waals surface area contributed by atoms with Crippen molar-refractivity contribution in [2.24, 2.45) is 5.73 Å². The molecule has 3 rings (SSSR count). The Balaban J connectivity index is 1.89. The molecule has 3 heterocycles. The number of nitrogens with zero attached hydrogens (tertiary/aromatic N) is 4. The van der Waals surface area contributed by atoms with E-state index in [1.54, 1.807) is 17.9 Å². The Morgan fingerprint density at radius 3 is 2.91 bits per heavy atom. The highest BCUT2D eigenvalue weighted by Crippen LogP contribution is 2.32. The number of amides is 2. The van der Waals surface area contributed by atoms with Crippen LogP contribution in [0.1, 0.15) is 56.9 Å². The minimum absolute atomic E-state index is 0.0765. The number of rotatable bonds is 3. The monoisotopic (exact) mass is 320 g/mol. The van der Waals surface area contributed by atoms with Crippen LogP contribution in [0.15, 0.2) is 6.07 Å². The molecule has 0 spiro atoms. The molecule has 0 aliphatic carbocycles. The maximum absolute atomic E-state index is 12.7. The van der Waals surface area contributed by atoms with Crippen LogP contribution in [0.3, 0.4) is 0 Å². The topological polar surface area (TPSA) is 118 Å². The molecular weight excluding hydrogens is 304 g/mol. The number of aryl methyl sites for hydroxylation is 1. The predicted molar refractivity (Wildman–Crippen MR) is 79.4 cm³/mol. The second-order valence-corrected chi connectivity index (χ2v) is 6.02. The number of aromatic amines is 1. The van der Waals surface area contributed by atoms with Crippen molar-refractivity contribution in [2.75, 3.05) is 6.54 Å². The van der Waals surface area contributed by atoms with Gasteiger partial charge in [-0.2, -0.15) is 5.10 Å². The number of primary amides is 1. The summed E-state index contributed by atoms with van der Waals surface area (Å²) in [5.74, 6) is -0.661.